The van der Waals surface area contributed by atoms with E-state index in [9.17, 15) is 4.39 Å². The molecule has 2 nitrogen and oxygen atoms in total. The van der Waals surface area contributed by atoms with Gasteiger partial charge < -0.3 is 5.73 Å². The van der Waals surface area contributed by atoms with Crippen molar-refractivity contribution in [1.82, 2.24) is 0 Å². The first kappa shape index (κ1) is 11.2. The van der Waals surface area contributed by atoms with E-state index in [0.717, 1.165) is 5.56 Å². The normalized spacial score (nSPS) is 12.2. The fraction of sp³-hybridized carbons (Fsp3) is 0.300. The molecule has 14 heavy (non-hydrogen) atoms. The number of nitrogens with two attached hydrogens (primary N) is 1. The maximum absolute atomic E-state index is 12.9. The predicted octanol–water partition coefficient (Wildman–Crippen LogP) is 2.70. The molecule has 1 rings (SSSR count). The molecule has 0 spiro atoms. The van der Waals surface area contributed by atoms with Gasteiger partial charge in [0.2, 0.25) is 0 Å². The fourth-order valence-electron chi connectivity index (χ4n) is 1.01. The second-order valence-electron chi connectivity index (χ2n) is 3.24. The van der Waals surface area contributed by atoms with Gasteiger partial charge in [-0.2, -0.15) is 0 Å². The average Bonchev–Trinajstić information content (AvgIpc) is 2.08. The maximum atomic E-state index is 12.9. The van der Waals surface area contributed by atoms with Gasteiger partial charge in [0.05, 0.1) is 4.47 Å². The Labute approximate surface area is 91.2 Å². The summed E-state index contributed by atoms with van der Waals surface area (Å²) in [5.74, 6) is 0.131. The van der Waals surface area contributed by atoms with Crippen LogP contribution in [0.3, 0.4) is 0 Å². The minimum Gasteiger partial charge on any atom is -0.383 e. The minimum atomic E-state index is -0.300. The molecule has 0 aromatic heterocycles. The first-order valence-corrected chi connectivity index (χ1v) is 5.08. The van der Waals surface area contributed by atoms with E-state index in [-0.39, 0.29) is 11.9 Å². The highest BCUT2D eigenvalue weighted by Gasteiger charge is 2.03. The summed E-state index contributed by atoms with van der Waals surface area (Å²) < 4.78 is 13.3. The Bertz CT molecular complexity index is 361. The quantitative estimate of drug-likeness (QED) is 0.643. The zero-order valence-corrected chi connectivity index (χ0v) is 9.68. The number of benzene rings is 1. The van der Waals surface area contributed by atoms with Crippen molar-refractivity contribution in [2.45, 2.75) is 19.9 Å². The van der Waals surface area contributed by atoms with E-state index in [0.29, 0.717) is 10.3 Å². The highest BCUT2D eigenvalue weighted by atomic mass is 79.9. The van der Waals surface area contributed by atoms with E-state index in [1.54, 1.807) is 12.1 Å². The van der Waals surface area contributed by atoms with Crippen LogP contribution in [0.1, 0.15) is 19.4 Å². The Morgan fingerprint density at radius 2 is 2.14 bits per heavy atom. The number of hydrogen-bond acceptors (Lipinski definition) is 1. The van der Waals surface area contributed by atoms with Gasteiger partial charge >= 0.3 is 0 Å². The predicted molar refractivity (Wildman–Crippen MR) is 60.0 cm³/mol. The van der Waals surface area contributed by atoms with Crippen LogP contribution < -0.4 is 5.73 Å². The maximum Gasteiger partial charge on any atom is 0.137 e. The molecule has 2 N–H and O–H groups in total. The topological polar surface area (TPSA) is 38.4 Å². The summed E-state index contributed by atoms with van der Waals surface area (Å²) in [6.45, 7) is 3.87. The van der Waals surface area contributed by atoms with Crippen LogP contribution in [-0.2, 0) is 0 Å². The van der Waals surface area contributed by atoms with Crippen LogP contribution in [0.4, 0.5) is 4.39 Å². The van der Waals surface area contributed by atoms with Gasteiger partial charge in [0.15, 0.2) is 0 Å². The summed E-state index contributed by atoms with van der Waals surface area (Å²) in [4.78, 5) is 4.17. The van der Waals surface area contributed by atoms with Gasteiger partial charge in [-0.05, 0) is 48.0 Å². The standard InChI is InChI=1S/C10H12BrFN2/c1-6(2)14-10(13)7-3-4-9(12)8(11)5-7/h3-6H,1-2H3,(H2,13,14). The molecule has 0 atom stereocenters. The summed E-state index contributed by atoms with van der Waals surface area (Å²) >= 11 is 3.10. The van der Waals surface area contributed by atoms with E-state index in [2.05, 4.69) is 20.9 Å². The molecule has 0 unspecified atom stereocenters. The molecule has 76 valence electrons. The van der Waals surface area contributed by atoms with Crippen LogP contribution in [0, 0.1) is 5.82 Å². The summed E-state index contributed by atoms with van der Waals surface area (Å²) in [6.07, 6.45) is 0. The molecule has 1 aromatic rings. The van der Waals surface area contributed by atoms with E-state index in [1.165, 1.54) is 6.07 Å². The monoisotopic (exact) mass is 258 g/mol. The first-order valence-electron chi connectivity index (χ1n) is 4.29. The molecule has 1 aromatic carbocycles. The Hall–Kier alpha value is -0.900. The van der Waals surface area contributed by atoms with Crippen molar-refractivity contribution in [1.29, 1.82) is 0 Å². The zero-order chi connectivity index (χ0) is 10.7. The molecule has 0 aliphatic heterocycles. The van der Waals surface area contributed by atoms with Crippen molar-refractivity contribution in [2.75, 3.05) is 0 Å². The molecule has 0 fully saturated rings. The Balaban J connectivity index is 3.03. The summed E-state index contributed by atoms with van der Waals surface area (Å²) in [5, 5.41) is 0. The van der Waals surface area contributed by atoms with Crippen LogP contribution in [0.2, 0.25) is 0 Å². The smallest absolute Gasteiger partial charge is 0.137 e. The Kier molecular flexibility index (Phi) is 3.63. The zero-order valence-electron chi connectivity index (χ0n) is 8.09. The summed E-state index contributed by atoms with van der Waals surface area (Å²) in [7, 11) is 0. The molecule has 0 amide bonds. The highest BCUT2D eigenvalue weighted by molar-refractivity contribution is 9.10. The number of nitrogens with zero attached hydrogens (tertiary/aromatic N) is 1. The van der Waals surface area contributed by atoms with Crippen molar-refractivity contribution >= 4 is 21.8 Å². The Morgan fingerprint density at radius 1 is 1.50 bits per heavy atom. The number of aliphatic imine (C=N–C) groups is 1. The van der Waals surface area contributed by atoms with Gasteiger partial charge in [0, 0.05) is 11.6 Å². The third-order valence-electron chi connectivity index (χ3n) is 1.61. The van der Waals surface area contributed by atoms with Gasteiger partial charge in [-0.15, -0.1) is 0 Å². The van der Waals surface area contributed by atoms with Crippen molar-refractivity contribution < 1.29 is 4.39 Å². The summed E-state index contributed by atoms with van der Waals surface area (Å²) in [6, 6.07) is 4.74. The SMILES string of the molecule is CC(C)N=C(N)c1ccc(F)c(Br)c1. The van der Waals surface area contributed by atoms with Crippen molar-refractivity contribution in [3.63, 3.8) is 0 Å². The van der Waals surface area contributed by atoms with Crippen molar-refractivity contribution in [3.8, 4) is 0 Å². The van der Waals surface area contributed by atoms with Crippen LogP contribution >= 0.6 is 15.9 Å². The lowest BCUT2D eigenvalue weighted by molar-refractivity contribution is 0.621. The lowest BCUT2D eigenvalue weighted by Crippen LogP contribution is -2.15. The fourth-order valence-corrected chi connectivity index (χ4v) is 1.39. The van der Waals surface area contributed by atoms with E-state index >= 15 is 0 Å². The lowest BCUT2D eigenvalue weighted by Gasteiger charge is -2.04. The number of halogens is 2. The first-order chi connectivity index (χ1) is 6.50. The van der Waals surface area contributed by atoms with Crippen LogP contribution in [-0.4, -0.2) is 11.9 Å². The van der Waals surface area contributed by atoms with Crippen molar-refractivity contribution in [2.24, 2.45) is 10.7 Å². The number of rotatable bonds is 2. The Morgan fingerprint density at radius 3 is 2.64 bits per heavy atom. The minimum absolute atomic E-state index is 0.138. The molecule has 0 aliphatic rings. The van der Waals surface area contributed by atoms with E-state index in [4.69, 9.17) is 5.73 Å². The van der Waals surface area contributed by atoms with Gasteiger partial charge in [-0.3, -0.25) is 4.99 Å². The average molecular weight is 259 g/mol. The molecule has 0 aliphatic carbocycles. The molecule has 0 saturated heterocycles. The van der Waals surface area contributed by atoms with Crippen LogP contribution in [0.25, 0.3) is 0 Å². The van der Waals surface area contributed by atoms with Gasteiger partial charge in [0.25, 0.3) is 0 Å². The van der Waals surface area contributed by atoms with E-state index in [1.807, 2.05) is 13.8 Å². The molecule has 0 bridgehead atoms. The van der Waals surface area contributed by atoms with Crippen molar-refractivity contribution in [3.05, 3.63) is 34.1 Å². The largest absolute Gasteiger partial charge is 0.383 e. The molecular formula is C10H12BrFN2. The lowest BCUT2D eigenvalue weighted by atomic mass is 10.2. The van der Waals surface area contributed by atoms with Crippen LogP contribution in [0.5, 0.6) is 0 Å². The second kappa shape index (κ2) is 4.55. The van der Waals surface area contributed by atoms with Crippen LogP contribution in [0.15, 0.2) is 27.7 Å². The molecule has 0 heterocycles. The third-order valence-corrected chi connectivity index (χ3v) is 2.22. The summed E-state index contributed by atoms with van der Waals surface area (Å²) in [5.41, 5.74) is 6.45. The van der Waals surface area contributed by atoms with E-state index < -0.39 is 0 Å². The molecule has 4 heteroatoms. The third kappa shape index (κ3) is 2.80. The number of hydrogen-bond donors (Lipinski definition) is 1. The second-order valence-corrected chi connectivity index (χ2v) is 4.09. The molecule has 0 saturated carbocycles. The number of amidine groups is 1. The van der Waals surface area contributed by atoms with Gasteiger partial charge in [-0.1, -0.05) is 0 Å². The molecule has 0 radical (unpaired) electrons. The highest BCUT2D eigenvalue weighted by Crippen LogP contribution is 2.16. The van der Waals surface area contributed by atoms with Gasteiger partial charge in [0.1, 0.15) is 11.7 Å². The molecular weight excluding hydrogens is 247 g/mol. The van der Waals surface area contributed by atoms with Gasteiger partial charge in [-0.25, -0.2) is 4.39 Å².